The number of anilines is 1. The van der Waals surface area contributed by atoms with Gasteiger partial charge in [-0.15, -0.1) is 0 Å². The third kappa shape index (κ3) is 3.98. The monoisotopic (exact) mass is 358 g/mol. The first-order chi connectivity index (χ1) is 9.58. The summed E-state index contributed by atoms with van der Waals surface area (Å²) >= 11 is 9.33. The van der Waals surface area contributed by atoms with E-state index >= 15 is 0 Å². The summed E-state index contributed by atoms with van der Waals surface area (Å²) in [5.74, 6) is 0.847. The van der Waals surface area contributed by atoms with Gasteiger partial charge in [0.1, 0.15) is 5.76 Å². The van der Waals surface area contributed by atoms with Crippen LogP contribution in [0, 0.1) is 0 Å². The molecule has 5 nitrogen and oxygen atoms in total. The van der Waals surface area contributed by atoms with E-state index in [-0.39, 0.29) is 12.3 Å². The Hall–Kier alpha value is -1.53. The van der Waals surface area contributed by atoms with Gasteiger partial charge in [0, 0.05) is 23.4 Å². The van der Waals surface area contributed by atoms with Gasteiger partial charge < -0.3 is 14.6 Å². The molecule has 1 amide bonds. The highest BCUT2D eigenvalue weighted by Gasteiger charge is 2.09. The van der Waals surface area contributed by atoms with Gasteiger partial charge in [-0.05, 0) is 23.4 Å². The first-order valence-corrected chi connectivity index (χ1v) is 7.00. The number of amides is 1. The largest absolute Gasteiger partial charge is 0.479 e. The average molecular weight is 360 g/mol. The number of aryl methyl sites for hydroxylation is 1. The summed E-state index contributed by atoms with van der Waals surface area (Å²) in [6.07, 6.45) is 0.709. The van der Waals surface area contributed by atoms with E-state index in [1.807, 2.05) is 6.07 Å². The van der Waals surface area contributed by atoms with E-state index in [4.69, 9.17) is 20.9 Å². The number of carbonyl (C=O) groups is 1. The molecule has 0 atom stereocenters. The van der Waals surface area contributed by atoms with Crippen molar-refractivity contribution in [3.8, 4) is 5.88 Å². The molecule has 0 spiro atoms. The van der Waals surface area contributed by atoms with Gasteiger partial charge in [-0.25, -0.2) is 0 Å². The standard InChI is InChI=1S/C13H12BrClN2O3/c1-19-13-7-9(20-17-13)3-5-12(18)16-11-4-2-8(14)6-10(11)15/h2,4,6-7H,3,5H2,1H3,(H,16,18). The van der Waals surface area contributed by atoms with E-state index in [1.165, 1.54) is 7.11 Å². The molecule has 1 aromatic carbocycles. The molecule has 1 aromatic heterocycles. The maximum Gasteiger partial charge on any atom is 0.254 e. The summed E-state index contributed by atoms with van der Waals surface area (Å²) in [6, 6.07) is 6.92. The zero-order valence-corrected chi connectivity index (χ0v) is 13.0. The molecule has 0 unspecified atom stereocenters. The highest BCUT2D eigenvalue weighted by molar-refractivity contribution is 9.10. The lowest BCUT2D eigenvalue weighted by Gasteiger charge is -2.06. The number of ether oxygens (including phenoxy) is 1. The molecule has 0 fully saturated rings. The van der Waals surface area contributed by atoms with Crippen molar-refractivity contribution in [3.05, 3.63) is 39.5 Å². The number of carbonyl (C=O) groups excluding carboxylic acids is 1. The fourth-order valence-electron chi connectivity index (χ4n) is 1.55. The summed E-state index contributed by atoms with van der Waals surface area (Å²) in [5, 5.41) is 6.89. The van der Waals surface area contributed by atoms with Crippen molar-refractivity contribution < 1.29 is 14.1 Å². The summed E-state index contributed by atoms with van der Waals surface area (Å²) in [7, 11) is 1.50. The van der Waals surface area contributed by atoms with E-state index in [1.54, 1.807) is 18.2 Å². The Balaban J connectivity index is 1.89. The second kappa shape index (κ2) is 6.76. The lowest BCUT2D eigenvalue weighted by Crippen LogP contribution is -2.12. The molecule has 0 aliphatic heterocycles. The molecule has 0 saturated heterocycles. The SMILES string of the molecule is COc1cc(CCC(=O)Nc2ccc(Br)cc2Cl)on1. The van der Waals surface area contributed by atoms with Crippen LogP contribution in [0.15, 0.2) is 33.3 Å². The molecule has 20 heavy (non-hydrogen) atoms. The van der Waals surface area contributed by atoms with E-state index < -0.39 is 0 Å². The van der Waals surface area contributed by atoms with Crippen LogP contribution >= 0.6 is 27.5 Å². The summed E-state index contributed by atoms with van der Waals surface area (Å²) in [5.41, 5.74) is 0.579. The smallest absolute Gasteiger partial charge is 0.254 e. The van der Waals surface area contributed by atoms with Crippen molar-refractivity contribution >= 4 is 39.1 Å². The Morgan fingerprint density at radius 3 is 2.95 bits per heavy atom. The van der Waals surface area contributed by atoms with E-state index in [0.717, 1.165) is 4.47 Å². The number of nitrogens with zero attached hydrogens (tertiary/aromatic N) is 1. The highest BCUT2D eigenvalue weighted by Crippen LogP contribution is 2.25. The second-order valence-electron chi connectivity index (χ2n) is 4.01. The maximum absolute atomic E-state index is 11.8. The van der Waals surface area contributed by atoms with Crippen LogP contribution in [0.25, 0.3) is 0 Å². The zero-order valence-electron chi connectivity index (χ0n) is 10.7. The van der Waals surface area contributed by atoms with Crippen molar-refractivity contribution in [2.75, 3.05) is 12.4 Å². The fraction of sp³-hybridized carbons (Fsp3) is 0.231. The Labute approximate surface area is 129 Å². The summed E-state index contributed by atoms with van der Waals surface area (Å²) in [4.78, 5) is 11.8. The number of benzene rings is 1. The molecule has 0 bridgehead atoms. The maximum atomic E-state index is 11.8. The van der Waals surface area contributed by atoms with E-state index in [9.17, 15) is 4.79 Å². The summed E-state index contributed by atoms with van der Waals surface area (Å²) in [6.45, 7) is 0. The number of methoxy groups -OCH3 is 1. The predicted octanol–water partition coefficient (Wildman–Crippen LogP) is 3.67. The van der Waals surface area contributed by atoms with Crippen LogP contribution < -0.4 is 10.1 Å². The molecular weight excluding hydrogens is 348 g/mol. The van der Waals surface area contributed by atoms with Gasteiger partial charge in [0.15, 0.2) is 0 Å². The number of hydrogen-bond acceptors (Lipinski definition) is 4. The Morgan fingerprint density at radius 2 is 2.30 bits per heavy atom. The van der Waals surface area contributed by atoms with Gasteiger partial charge in [0.25, 0.3) is 5.88 Å². The lowest BCUT2D eigenvalue weighted by atomic mass is 10.2. The van der Waals surface area contributed by atoms with Crippen LogP contribution in [-0.2, 0) is 11.2 Å². The molecular formula is C13H12BrClN2O3. The minimum Gasteiger partial charge on any atom is -0.479 e. The fourth-order valence-corrected chi connectivity index (χ4v) is 2.27. The highest BCUT2D eigenvalue weighted by atomic mass is 79.9. The zero-order chi connectivity index (χ0) is 14.5. The lowest BCUT2D eigenvalue weighted by molar-refractivity contribution is -0.116. The molecule has 1 heterocycles. The van der Waals surface area contributed by atoms with Crippen molar-refractivity contribution in [1.82, 2.24) is 5.16 Å². The van der Waals surface area contributed by atoms with Crippen molar-refractivity contribution in [2.24, 2.45) is 0 Å². The van der Waals surface area contributed by atoms with Crippen molar-refractivity contribution in [3.63, 3.8) is 0 Å². The molecule has 0 aliphatic carbocycles. The molecule has 2 rings (SSSR count). The quantitative estimate of drug-likeness (QED) is 0.884. The van der Waals surface area contributed by atoms with Gasteiger partial charge in [0.2, 0.25) is 5.91 Å². The third-order valence-electron chi connectivity index (χ3n) is 2.55. The minimum absolute atomic E-state index is 0.149. The number of halogens is 2. The van der Waals surface area contributed by atoms with Crippen LogP contribution in [0.1, 0.15) is 12.2 Å². The molecule has 0 aliphatic rings. The Kier molecular flexibility index (Phi) is 5.03. The number of rotatable bonds is 5. The molecule has 1 N–H and O–H groups in total. The number of aromatic nitrogens is 1. The first kappa shape index (κ1) is 14.9. The second-order valence-corrected chi connectivity index (χ2v) is 5.33. The van der Waals surface area contributed by atoms with Gasteiger partial charge in [-0.3, -0.25) is 4.79 Å². The molecule has 0 radical (unpaired) electrons. The third-order valence-corrected chi connectivity index (χ3v) is 3.36. The van der Waals surface area contributed by atoms with Gasteiger partial charge in [0.05, 0.1) is 17.8 Å². The first-order valence-electron chi connectivity index (χ1n) is 5.83. The van der Waals surface area contributed by atoms with Crippen molar-refractivity contribution in [1.29, 1.82) is 0 Å². The van der Waals surface area contributed by atoms with Crippen molar-refractivity contribution in [2.45, 2.75) is 12.8 Å². The number of hydrogen-bond donors (Lipinski definition) is 1. The predicted molar refractivity (Wildman–Crippen MR) is 79.2 cm³/mol. The van der Waals surface area contributed by atoms with Crippen LogP contribution in [0.2, 0.25) is 5.02 Å². The van der Waals surface area contributed by atoms with E-state index in [0.29, 0.717) is 28.8 Å². The molecule has 7 heteroatoms. The van der Waals surface area contributed by atoms with Crippen LogP contribution in [-0.4, -0.2) is 18.2 Å². The van der Waals surface area contributed by atoms with Crippen LogP contribution in [0.3, 0.4) is 0 Å². The summed E-state index contributed by atoms with van der Waals surface area (Å²) < 4.78 is 10.8. The van der Waals surface area contributed by atoms with Crippen LogP contribution in [0.4, 0.5) is 5.69 Å². The average Bonchev–Trinajstić information content (AvgIpc) is 2.88. The topological polar surface area (TPSA) is 64.4 Å². The molecule has 0 saturated carbocycles. The Morgan fingerprint density at radius 1 is 1.50 bits per heavy atom. The molecule has 106 valence electrons. The molecule has 2 aromatic rings. The van der Waals surface area contributed by atoms with E-state index in [2.05, 4.69) is 26.4 Å². The van der Waals surface area contributed by atoms with Gasteiger partial charge in [-0.2, -0.15) is 0 Å². The number of nitrogens with one attached hydrogen (secondary N) is 1. The van der Waals surface area contributed by atoms with Gasteiger partial charge >= 0.3 is 0 Å². The minimum atomic E-state index is -0.149. The van der Waals surface area contributed by atoms with Crippen LogP contribution in [0.5, 0.6) is 5.88 Å². The normalized spacial score (nSPS) is 10.3. The van der Waals surface area contributed by atoms with Gasteiger partial charge in [-0.1, -0.05) is 27.5 Å². The Bertz CT molecular complexity index is 615.